The Bertz CT molecular complexity index is 1480. The van der Waals surface area contributed by atoms with E-state index in [1.807, 2.05) is 32.0 Å². The van der Waals surface area contributed by atoms with Crippen LogP contribution in [0.15, 0.2) is 71.6 Å². The number of nitrogens with one attached hydrogen (secondary N) is 1. The normalized spacial score (nSPS) is 13.0. The second-order valence-corrected chi connectivity index (χ2v) is 12.0. The van der Waals surface area contributed by atoms with E-state index in [9.17, 15) is 33.5 Å². The predicted molar refractivity (Wildman–Crippen MR) is 155 cm³/mol. The van der Waals surface area contributed by atoms with Crippen molar-refractivity contribution in [1.29, 1.82) is 0 Å². The number of amides is 1. The van der Waals surface area contributed by atoms with E-state index in [-0.39, 0.29) is 58.8 Å². The maximum atomic E-state index is 13.6. The van der Waals surface area contributed by atoms with Crippen molar-refractivity contribution in [1.82, 2.24) is 9.62 Å². The van der Waals surface area contributed by atoms with E-state index >= 15 is 0 Å². The number of nitrogens with zero attached hydrogens (tertiary/aromatic N) is 2. The van der Waals surface area contributed by atoms with Crippen molar-refractivity contribution in [3.8, 4) is 17.2 Å². The van der Waals surface area contributed by atoms with Gasteiger partial charge >= 0.3 is 0 Å². The number of carbonyl (C=O) groups is 1. The highest BCUT2D eigenvalue weighted by molar-refractivity contribution is 7.89. The molecule has 0 aromatic heterocycles. The fraction of sp³-hybridized carbons (Fsp3) is 0.345. The second kappa shape index (κ2) is 14.1. The molecular weight excluding hydrogens is 566 g/mol. The van der Waals surface area contributed by atoms with Crippen LogP contribution in [0.1, 0.15) is 29.8 Å². The standard InChI is InChI=1S/C29H35N3O9S/c1-19(2)17-31(42(38,39)23-12-10-22(11-13-23)32(36)37)18-26(34)24(14-20-8-6-5-7-9-20)30-29(35)21-15-25(33)28(41-4)27(16-21)40-3/h5-13,15-16,19,24,26,33-34H,14,17-18H2,1-4H3,(H,30,35)/t24-,26+/m0/s1. The van der Waals surface area contributed by atoms with Crippen molar-refractivity contribution in [3.63, 3.8) is 0 Å². The first-order chi connectivity index (χ1) is 19.9. The van der Waals surface area contributed by atoms with Crippen LogP contribution in [0.5, 0.6) is 17.2 Å². The Kier molecular flexibility index (Phi) is 10.9. The number of benzene rings is 3. The quantitative estimate of drug-likeness (QED) is 0.185. The first kappa shape index (κ1) is 32.3. The number of hydrogen-bond acceptors (Lipinski definition) is 9. The lowest BCUT2D eigenvalue weighted by molar-refractivity contribution is -0.384. The Morgan fingerprint density at radius 2 is 1.67 bits per heavy atom. The van der Waals surface area contributed by atoms with Crippen LogP contribution >= 0.6 is 0 Å². The molecule has 3 N–H and O–H groups in total. The smallest absolute Gasteiger partial charge is 0.269 e. The summed E-state index contributed by atoms with van der Waals surface area (Å²) in [6.45, 7) is 3.31. The third-order valence-corrected chi connectivity index (χ3v) is 8.29. The number of aromatic hydroxyl groups is 1. The molecule has 0 saturated carbocycles. The Hall–Kier alpha value is -4.20. The summed E-state index contributed by atoms with van der Waals surface area (Å²) in [5, 5.41) is 35.6. The summed E-state index contributed by atoms with van der Waals surface area (Å²) in [5.74, 6) is -0.905. The topological polar surface area (TPSA) is 169 Å². The Morgan fingerprint density at radius 1 is 1.02 bits per heavy atom. The predicted octanol–water partition coefficient (Wildman–Crippen LogP) is 3.37. The van der Waals surface area contributed by atoms with Crippen LogP contribution < -0.4 is 14.8 Å². The van der Waals surface area contributed by atoms with Crippen molar-refractivity contribution in [3.05, 3.63) is 88.0 Å². The van der Waals surface area contributed by atoms with Crippen LogP contribution in [0.4, 0.5) is 5.69 Å². The van der Waals surface area contributed by atoms with Crippen molar-refractivity contribution in [2.45, 2.75) is 37.3 Å². The van der Waals surface area contributed by atoms with E-state index < -0.39 is 33.0 Å². The number of carbonyl (C=O) groups excluding carboxylic acids is 1. The third kappa shape index (κ3) is 7.96. The van der Waals surface area contributed by atoms with Crippen LogP contribution in [-0.2, 0) is 16.4 Å². The van der Waals surface area contributed by atoms with Gasteiger partial charge in [0.15, 0.2) is 11.5 Å². The first-order valence-electron chi connectivity index (χ1n) is 13.1. The van der Waals surface area contributed by atoms with Gasteiger partial charge in [-0.15, -0.1) is 0 Å². The van der Waals surface area contributed by atoms with Crippen molar-refractivity contribution in [2.24, 2.45) is 5.92 Å². The molecule has 0 heterocycles. The second-order valence-electron chi connectivity index (χ2n) is 10.0. The summed E-state index contributed by atoms with van der Waals surface area (Å²) in [6.07, 6.45) is -1.20. The van der Waals surface area contributed by atoms with Crippen LogP contribution in [0.25, 0.3) is 0 Å². The number of rotatable bonds is 14. The van der Waals surface area contributed by atoms with E-state index in [1.54, 1.807) is 12.1 Å². The lowest BCUT2D eigenvalue weighted by Gasteiger charge is -2.31. The minimum atomic E-state index is -4.17. The molecule has 3 aromatic carbocycles. The molecule has 0 radical (unpaired) electrons. The number of nitro groups is 1. The number of non-ortho nitro benzene ring substituents is 1. The Labute approximate surface area is 244 Å². The van der Waals surface area contributed by atoms with Gasteiger partial charge in [-0.05, 0) is 42.2 Å². The van der Waals surface area contributed by atoms with E-state index in [0.717, 1.165) is 34.1 Å². The van der Waals surface area contributed by atoms with Crippen molar-refractivity contribution < 1.29 is 37.8 Å². The summed E-state index contributed by atoms with van der Waals surface area (Å²) >= 11 is 0. The number of aliphatic hydroxyl groups is 1. The largest absolute Gasteiger partial charge is 0.504 e. The van der Waals surface area contributed by atoms with Gasteiger partial charge in [-0.1, -0.05) is 44.2 Å². The molecule has 0 fully saturated rings. The fourth-order valence-electron chi connectivity index (χ4n) is 4.38. The van der Waals surface area contributed by atoms with E-state index in [1.165, 1.54) is 26.4 Å². The maximum Gasteiger partial charge on any atom is 0.269 e. The Balaban J connectivity index is 1.93. The molecular formula is C29H35N3O9S. The molecule has 3 rings (SSSR count). The van der Waals surface area contributed by atoms with Gasteiger partial charge in [0, 0.05) is 30.8 Å². The molecule has 1 amide bonds. The highest BCUT2D eigenvalue weighted by atomic mass is 32.2. The van der Waals surface area contributed by atoms with Gasteiger partial charge in [0.25, 0.3) is 11.6 Å². The minimum absolute atomic E-state index is 0.0351. The van der Waals surface area contributed by atoms with Gasteiger partial charge in [0.1, 0.15) is 0 Å². The summed E-state index contributed by atoms with van der Waals surface area (Å²) in [6, 6.07) is 15.2. The molecule has 0 spiro atoms. The van der Waals surface area contributed by atoms with Crippen LogP contribution in [-0.4, -0.2) is 73.2 Å². The van der Waals surface area contributed by atoms with Gasteiger partial charge < -0.3 is 25.0 Å². The van der Waals surface area contributed by atoms with Gasteiger partial charge in [-0.25, -0.2) is 8.42 Å². The highest BCUT2D eigenvalue weighted by Gasteiger charge is 2.32. The monoisotopic (exact) mass is 601 g/mol. The summed E-state index contributed by atoms with van der Waals surface area (Å²) in [5.41, 5.74) is 0.565. The van der Waals surface area contributed by atoms with Crippen LogP contribution in [0.3, 0.4) is 0 Å². The first-order valence-corrected chi connectivity index (χ1v) is 14.5. The summed E-state index contributed by atoms with van der Waals surface area (Å²) < 4.78 is 38.6. The molecule has 42 heavy (non-hydrogen) atoms. The number of hydrogen-bond donors (Lipinski definition) is 3. The molecule has 12 nitrogen and oxygen atoms in total. The number of sulfonamides is 1. The molecule has 13 heteroatoms. The molecule has 0 aliphatic heterocycles. The molecule has 2 atom stereocenters. The Morgan fingerprint density at radius 3 is 2.21 bits per heavy atom. The number of phenolic OH excluding ortho intramolecular Hbond substituents is 1. The minimum Gasteiger partial charge on any atom is -0.504 e. The van der Waals surface area contributed by atoms with Gasteiger partial charge in [0.2, 0.25) is 15.8 Å². The van der Waals surface area contributed by atoms with Gasteiger partial charge in [0.05, 0.1) is 36.2 Å². The van der Waals surface area contributed by atoms with Crippen LogP contribution in [0.2, 0.25) is 0 Å². The molecule has 0 aliphatic rings. The molecule has 0 saturated heterocycles. The zero-order chi connectivity index (χ0) is 31.0. The lowest BCUT2D eigenvalue weighted by Crippen LogP contribution is -2.51. The number of nitro benzene ring substituents is 1. The maximum absolute atomic E-state index is 13.6. The zero-order valence-corrected chi connectivity index (χ0v) is 24.6. The molecule has 0 aliphatic carbocycles. The molecule has 0 unspecified atom stereocenters. The zero-order valence-electron chi connectivity index (χ0n) is 23.8. The number of ether oxygens (including phenoxy) is 2. The van der Waals surface area contributed by atoms with Gasteiger partial charge in [-0.3, -0.25) is 14.9 Å². The summed E-state index contributed by atoms with van der Waals surface area (Å²) in [7, 11) is -1.47. The number of aliphatic hydroxyl groups excluding tert-OH is 1. The summed E-state index contributed by atoms with van der Waals surface area (Å²) in [4.78, 5) is 23.6. The molecule has 3 aromatic rings. The van der Waals surface area contributed by atoms with Crippen molar-refractivity contribution in [2.75, 3.05) is 27.3 Å². The number of methoxy groups -OCH3 is 2. The molecule has 226 valence electrons. The van der Waals surface area contributed by atoms with Crippen LogP contribution in [0, 0.1) is 16.0 Å². The van der Waals surface area contributed by atoms with Crippen molar-refractivity contribution >= 4 is 21.6 Å². The third-order valence-electron chi connectivity index (χ3n) is 6.45. The SMILES string of the molecule is COc1cc(C(=O)N[C@@H](Cc2ccccc2)[C@H](O)CN(CC(C)C)S(=O)(=O)c2ccc([N+](=O)[O-])cc2)cc(O)c1OC. The van der Waals surface area contributed by atoms with Gasteiger partial charge in [-0.2, -0.15) is 4.31 Å². The van der Waals surface area contributed by atoms with E-state index in [2.05, 4.69) is 5.32 Å². The number of phenols is 1. The average molecular weight is 602 g/mol. The van der Waals surface area contributed by atoms with E-state index in [4.69, 9.17) is 9.47 Å². The lowest BCUT2D eigenvalue weighted by atomic mass is 10.00. The van der Waals surface area contributed by atoms with E-state index in [0.29, 0.717) is 0 Å². The molecule has 0 bridgehead atoms. The fourth-order valence-corrected chi connectivity index (χ4v) is 6.00. The average Bonchev–Trinajstić information content (AvgIpc) is 2.96. The highest BCUT2D eigenvalue weighted by Crippen LogP contribution is 2.37.